The Morgan fingerprint density at radius 3 is 2.50 bits per heavy atom. The first-order chi connectivity index (χ1) is 10.7. The van der Waals surface area contributed by atoms with Crippen LogP contribution in [0.5, 0.6) is 5.75 Å². The number of hydrogen-bond acceptors (Lipinski definition) is 4. The molecule has 0 aliphatic rings. The lowest BCUT2D eigenvalue weighted by Crippen LogP contribution is -2.20. The number of aromatic amines is 1. The van der Waals surface area contributed by atoms with Crippen LogP contribution in [0, 0.1) is 0 Å². The van der Waals surface area contributed by atoms with E-state index < -0.39 is 11.5 Å². The number of esters is 1. The molecule has 5 nitrogen and oxygen atoms in total. The Labute approximate surface area is 125 Å². The maximum Gasteiger partial charge on any atom is 0.347 e. The highest BCUT2D eigenvalue weighted by Gasteiger charge is 2.20. The molecule has 0 bridgehead atoms. The molecule has 0 spiro atoms. The first-order valence-electron chi connectivity index (χ1n) is 6.72. The highest BCUT2D eigenvalue weighted by atomic mass is 16.5. The Morgan fingerprint density at radius 2 is 1.73 bits per heavy atom. The van der Waals surface area contributed by atoms with Crippen molar-refractivity contribution in [3.63, 3.8) is 0 Å². The zero-order valence-corrected chi connectivity index (χ0v) is 11.6. The predicted octanol–water partition coefficient (Wildman–Crippen LogP) is 2.59. The van der Waals surface area contributed by atoms with Gasteiger partial charge in [-0.05, 0) is 17.7 Å². The SMILES string of the molecule is O=C(OCc1ccccc1)c1c(O)c2ccccc2[nH]c1=O. The number of benzene rings is 2. The molecular formula is C17H13NO4. The maximum atomic E-state index is 12.1. The maximum absolute atomic E-state index is 12.1. The molecular weight excluding hydrogens is 282 g/mol. The molecule has 22 heavy (non-hydrogen) atoms. The number of H-pyrrole nitrogens is 1. The number of fused-ring (bicyclic) bond motifs is 1. The van der Waals surface area contributed by atoms with Crippen molar-refractivity contribution in [3.8, 4) is 5.75 Å². The third-order valence-corrected chi connectivity index (χ3v) is 3.31. The Hall–Kier alpha value is -3.08. The van der Waals surface area contributed by atoms with E-state index in [1.807, 2.05) is 18.2 Å². The third kappa shape index (κ3) is 2.56. The number of rotatable bonds is 3. The standard InChI is InChI=1S/C17H13NO4/c19-15-12-8-4-5-9-13(12)18-16(20)14(15)17(21)22-10-11-6-2-1-3-7-11/h1-9H,10H2,(H2,18,19,20). The minimum atomic E-state index is -0.853. The van der Waals surface area contributed by atoms with Crippen molar-refractivity contribution < 1.29 is 14.6 Å². The number of nitrogens with one attached hydrogen (secondary N) is 1. The lowest BCUT2D eigenvalue weighted by atomic mass is 10.1. The minimum Gasteiger partial charge on any atom is -0.506 e. The summed E-state index contributed by atoms with van der Waals surface area (Å²) in [5, 5.41) is 10.6. The summed E-state index contributed by atoms with van der Waals surface area (Å²) in [5.74, 6) is -1.22. The molecule has 0 fully saturated rings. The molecule has 1 aromatic heterocycles. The van der Waals surface area contributed by atoms with Gasteiger partial charge in [0.2, 0.25) is 0 Å². The lowest BCUT2D eigenvalue weighted by Gasteiger charge is -2.08. The van der Waals surface area contributed by atoms with E-state index in [0.717, 1.165) is 5.56 Å². The van der Waals surface area contributed by atoms with Crippen LogP contribution in [-0.2, 0) is 11.3 Å². The lowest BCUT2D eigenvalue weighted by molar-refractivity contribution is 0.0467. The van der Waals surface area contributed by atoms with Crippen LogP contribution >= 0.6 is 0 Å². The van der Waals surface area contributed by atoms with Crippen LogP contribution < -0.4 is 5.56 Å². The minimum absolute atomic E-state index is 0.0331. The van der Waals surface area contributed by atoms with Gasteiger partial charge in [-0.1, -0.05) is 42.5 Å². The van der Waals surface area contributed by atoms with Gasteiger partial charge >= 0.3 is 5.97 Å². The zero-order chi connectivity index (χ0) is 15.5. The highest BCUT2D eigenvalue weighted by molar-refractivity contribution is 5.99. The van der Waals surface area contributed by atoms with Crippen molar-refractivity contribution in [2.45, 2.75) is 6.61 Å². The fourth-order valence-electron chi connectivity index (χ4n) is 2.21. The topological polar surface area (TPSA) is 79.4 Å². The molecule has 2 N–H and O–H groups in total. The van der Waals surface area contributed by atoms with E-state index in [-0.39, 0.29) is 17.9 Å². The van der Waals surface area contributed by atoms with E-state index in [4.69, 9.17) is 4.74 Å². The van der Waals surface area contributed by atoms with E-state index >= 15 is 0 Å². The predicted molar refractivity (Wildman–Crippen MR) is 81.8 cm³/mol. The van der Waals surface area contributed by atoms with Crippen molar-refractivity contribution in [1.29, 1.82) is 0 Å². The number of para-hydroxylation sites is 1. The number of carbonyl (C=O) groups is 1. The molecule has 5 heteroatoms. The Bertz CT molecular complexity index is 884. The number of hydrogen-bond donors (Lipinski definition) is 2. The normalized spacial score (nSPS) is 10.5. The van der Waals surface area contributed by atoms with Gasteiger partial charge in [-0.3, -0.25) is 4.79 Å². The van der Waals surface area contributed by atoms with Gasteiger partial charge in [0, 0.05) is 5.39 Å². The molecule has 0 amide bonds. The van der Waals surface area contributed by atoms with Crippen molar-refractivity contribution in [3.05, 3.63) is 76.1 Å². The summed E-state index contributed by atoms with van der Waals surface area (Å²) in [6.07, 6.45) is 0. The average molecular weight is 295 g/mol. The molecule has 0 saturated heterocycles. The van der Waals surface area contributed by atoms with Crippen molar-refractivity contribution in [2.75, 3.05) is 0 Å². The second kappa shape index (κ2) is 5.73. The van der Waals surface area contributed by atoms with Crippen molar-refractivity contribution in [2.24, 2.45) is 0 Å². The second-order valence-corrected chi connectivity index (χ2v) is 4.79. The molecule has 110 valence electrons. The number of carbonyl (C=O) groups excluding carboxylic acids is 1. The molecule has 0 saturated carbocycles. The quantitative estimate of drug-likeness (QED) is 0.728. The van der Waals surface area contributed by atoms with Crippen LogP contribution in [0.25, 0.3) is 10.9 Å². The highest BCUT2D eigenvalue weighted by Crippen LogP contribution is 2.25. The van der Waals surface area contributed by atoms with Crippen LogP contribution in [0.3, 0.4) is 0 Å². The van der Waals surface area contributed by atoms with Gasteiger partial charge in [-0.15, -0.1) is 0 Å². The number of ether oxygens (including phenoxy) is 1. The number of aromatic nitrogens is 1. The summed E-state index contributed by atoms with van der Waals surface area (Å²) in [5.41, 5.74) is 0.209. The molecule has 0 radical (unpaired) electrons. The molecule has 3 aromatic rings. The average Bonchev–Trinajstić information content (AvgIpc) is 2.54. The van der Waals surface area contributed by atoms with Gasteiger partial charge < -0.3 is 14.8 Å². The molecule has 0 unspecified atom stereocenters. The van der Waals surface area contributed by atoms with E-state index in [9.17, 15) is 14.7 Å². The molecule has 0 atom stereocenters. The molecule has 0 aliphatic carbocycles. The second-order valence-electron chi connectivity index (χ2n) is 4.79. The van der Waals surface area contributed by atoms with Crippen LogP contribution in [0.15, 0.2) is 59.4 Å². The monoisotopic (exact) mass is 295 g/mol. The van der Waals surface area contributed by atoms with E-state index in [0.29, 0.717) is 10.9 Å². The van der Waals surface area contributed by atoms with Crippen LogP contribution in [0.2, 0.25) is 0 Å². The fraction of sp³-hybridized carbons (Fsp3) is 0.0588. The van der Waals surface area contributed by atoms with E-state index in [2.05, 4.69) is 4.98 Å². The molecule has 1 heterocycles. The van der Waals surface area contributed by atoms with E-state index in [1.165, 1.54) is 0 Å². The van der Waals surface area contributed by atoms with Gasteiger partial charge in [0.15, 0.2) is 5.56 Å². The summed E-state index contributed by atoms with van der Waals surface area (Å²) >= 11 is 0. The van der Waals surface area contributed by atoms with Crippen molar-refractivity contribution in [1.82, 2.24) is 4.98 Å². The Balaban J connectivity index is 1.92. The zero-order valence-electron chi connectivity index (χ0n) is 11.6. The Morgan fingerprint density at radius 1 is 1.05 bits per heavy atom. The van der Waals surface area contributed by atoms with Gasteiger partial charge in [-0.25, -0.2) is 4.79 Å². The van der Waals surface area contributed by atoms with Gasteiger partial charge in [-0.2, -0.15) is 0 Å². The van der Waals surface area contributed by atoms with E-state index in [1.54, 1.807) is 36.4 Å². The summed E-state index contributed by atoms with van der Waals surface area (Å²) < 4.78 is 5.11. The van der Waals surface area contributed by atoms with Gasteiger partial charge in [0.05, 0.1) is 5.52 Å². The van der Waals surface area contributed by atoms with Crippen LogP contribution in [0.4, 0.5) is 0 Å². The summed E-state index contributed by atoms with van der Waals surface area (Å²) in [7, 11) is 0. The smallest absolute Gasteiger partial charge is 0.347 e. The van der Waals surface area contributed by atoms with Gasteiger partial charge in [0.25, 0.3) is 5.56 Å². The van der Waals surface area contributed by atoms with Gasteiger partial charge in [0.1, 0.15) is 12.4 Å². The molecule has 2 aromatic carbocycles. The number of aromatic hydroxyl groups is 1. The summed E-state index contributed by atoms with van der Waals surface area (Å²) in [6, 6.07) is 15.8. The molecule has 3 rings (SSSR count). The summed E-state index contributed by atoms with van der Waals surface area (Å²) in [4.78, 5) is 26.7. The largest absolute Gasteiger partial charge is 0.506 e. The first-order valence-corrected chi connectivity index (χ1v) is 6.72. The van der Waals surface area contributed by atoms with Crippen LogP contribution in [0.1, 0.15) is 15.9 Å². The molecule has 0 aliphatic heterocycles. The van der Waals surface area contributed by atoms with Crippen LogP contribution in [-0.4, -0.2) is 16.1 Å². The Kier molecular flexibility index (Phi) is 3.62. The fourth-order valence-corrected chi connectivity index (χ4v) is 2.21. The third-order valence-electron chi connectivity index (χ3n) is 3.31. The summed E-state index contributed by atoms with van der Waals surface area (Å²) in [6.45, 7) is 0.0331. The first kappa shape index (κ1) is 13.9. The van der Waals surface area contributed by atoms with Crippen molar-refractivity contribution >= 4 is 16.9 Å². The number of pyridine rings is 1.